The van der Waals surface area contributed by atoms with Crippen LogP contribution in [0.1, 0.15) is 38.8 Å². The van der Waals surface area contributed by atoms with Crippen LogP contribution >= 0.6 is 0 Å². The van der Waals surface area contributed by atoms with E-state index in [1.807, 2.05) is 6.92 Å². The molecule has 0 unspecified atom stereocenters. The van der Waals surface area contributed by atoms with E-state index in [1.165, 1.54) is 0 Å². The number of hydrogen-bond donors (Lipinski definition) is 1. The van der Waals surface area contributed by atoms with Gasteiger partial charge in [-0.1, -0.05) is 18.2 Å². The number of carboxylic acid groups (broad SMARTS) is 1. The van der Waals surface area contributed by atoms with Crippen LogP contribution in [0, 0.1) is 13.8 Å². The first-order chi connectivity index (χ1) is 8.93. The number of carbonyl (C=O) groups is 2. The van der Waals surface area contributed by atoms with Crippen LogP contribution in [0.3, 0.4) is 0 Å². The van der Waals surface area contributed by atoms with Crippen LogP contribution in [0.2, 0.25) is 0 Å². The molecular weight excluding hydrogens is 242 g/mol. The van der Waals surface area contributed by atoms with Gasteiger partial charge in [-0.25, -0.2) is 4.79 Å². The van der Waals surface area contributed by atoms with E-state index in [2.05, 4.69) is 6.58 Å². The smallest absolute Gasteiger partial charge is 0.336 e. The number of likely N-dealkylation sites (N-methyl/N-ethyl adjacent to an activating group) is 1. The predicted octanol–water partition coefficient (Wildman–Crippen LogP) is 2.65. The maximum atomic E-state index is 12.5. The third kappa shape index (κ3) is 3.02. The van der Waals surface area contributed by atoms with E-state index in [4.69, 9.17) is 0 Å². The summed E-state index contributed by atoms with van der Waals surface area (Å²) in [7, 11) is 0. The number of amides is 1. The lowest BCUT2D eigenvalue weighted by Gasteiger charge is -2.21. The molecule has 0 bridgehead atoms. The van der Waals surface area contributed by atoms with Gasteiger partial charge in [0.1, 0.15) is 0 Å². The molecule has 1 aromatic rings. The fourth-order valence-corrected chi connectivity index (χ4v) is 2.03. The summed E-state index contributed by atoms with van der Waals surface area (Å²) in [6.07, 6.45) is 1.63. The molecule has 0 aliphatic rings. The van der Waals surface area contributed by atoms with Gasteiger partial charge in [0.25, 0.3) is 5.91 Å². The Hall–Kier alpha value is -2.10. The van der Waals surface area contributed by atoms with Crippen molar-refractivity contribution >= 4 is 11.9 Å². The quantitative estimate of drug-likeness (QED) is 0.829. The summed E-state index contributed by atoms with van der Waals surface area (Å²) in [6.45, 7) is 9.83. The molecule has 0 saturated carbocycles. The molecule has 102 valence electrons. The SMILES string of the molecule is C=CCN(CC)C(=O)c1c(C)ccc(C)c1C(=O)O. The molecule has 4 nitrogen and oxygen atoms in total. The molecule has 19 heavy (non-hydrogen) atoms. The molecule has 1 N–H and O–H groups in total. The van der Waals surface area contributed by atoms with Gasteiger partial charge in [0, 0.05) is 13.1 Å². The van der Waals surface area contributed by atoms with Gasteiger partial charge in [0.05, 0.1) is 11.1 Å². The van der Waals surface area contributed by atoms with Crippen LogP contribution in [0.4, 0.5) is 0 Å². The minimum absolute atomic E-state index is 0.0903. The Kier molecular flexibility index (Phi) is 4.87. The topological polar surface area (TPSA) is 57.6 Å². The van der Waals surface area contributed by atoms with Crippen LogP contribution in [0.25, 0.3) is 0 Å². The van der Waals surface area contributed by atoms with Gasteiger partial charge in [-0.15, -0.1) is 6.58 Å². The Bertz CT molecular complexity index is 520. The zero-order valence-corrected chi connectivity index (χ0v) is 11.6. The highest BCUT2D eigenvalue weighted by Gasteiger charge is 2.24. The minimum Gasteiger partial charge on any atom is -0.478 e. The normalized spacial score (nSPS) is 10.1. The number of aryl methyl sites for hydroxylation is 2. The average molecular weight is 261 g/mol. The molecule has 0 radical (unpaired) electrons. The lowest BCUT2D eigenvalue weighted by molar-refractivity contribution is 0.0678. The summed E-state index contributed by atoms with van der Waals surface area (Å²) in [5.74, 6) is -1.33. The molecule has 0 aliphatic heterocycles. The zero-order valence-electron chi connectivity index (χ0n) is 11.6. The van der Waals surface area contributed by atoms with Crippen molar-refractivity contribution in [1.29, 1.82) is 0 Å². The summed E-state index contributed by atoms with van der Waals surface area (Å²) >= 11 is 0. The Morgan fingerprint density at radius 2 is 1.79 bits per heavy atom. The number of carboxylic acids is 1. The molecule has 0 spiro atoms. The van der Waals surface area contributed by atoms with Crippen molar-refractivity contribution in [3.05, 3.63) is 47.0 Å². The van der Waals surface area contributed by atoms with Gasteiger partial charge in [0.15, 0.2) is 0 Å². The number of rotatable bonds is 5. The largest absolute Gasteiger partial charge is 0.478 e. The van der Waals surface area contributed by atoms with E-state index in [0.717, 1.165) is 0 Å². The monoisotopic (exact) mass is 261 g/mol. The van der Waals surface area contributed by atoms with Crippen molar-refractivity contribution in [2.45, 2.75) is 20.8 Å². The first kappa shape index (κ1) is 15.0. The van der Waals surface area contributed by atoms with Crippen LogP contribution in [0.15, 0.2) is 24.8 Å². The molecule has 1 amide bonds. The van der Waals surface area contributed by atoms with Crippen molar-refractivity contribution in [2.24, 2.45) is 0 Å². The number of aromatic carboxylic acids is 1. The molecule has 0 saturated heterocycles. The Morgan fingerprint density at radius 3 is 2.21 bits per heavy atom. The van der Waals surface area contributed by atoms with Crippen molar-refractivity contribution in [3.63, 3.8) is 0 Å². The molecule has 0 aromatic heterocycles. The third-order valence-corrected chi connectivity index (χ3v) is 3.07. The molecule has 0 heterocycles. The molecule has 0 atom stereocenters. The molecule has 4 heteroatoms. The van der Waals surface area contributed by atoms with Crippen LogP contribution < -0.4 is 0 Å². The second-order valence-corrected chi connectivity index (χ2v) is 4.39. The van der Waals surface area contributed by atoms with E-state index >= 15 is 0 Å². The molecule has 1 aromatic carbocycles. The van der Waals surface area contributed by atoms with Crippen LogP contribution in [-0.2, 0) is 0 Å². The van der Waals surface area contributed by atoms with Gasteiger partial charge in [-0.3, -0.25) is 4.79 Å². The minimum atomic E-state index is -1.07. The summed E-state index contributed by atoms with van der Waals surface area (Å²) in [6, 6.07) is 3.50. The van der Waals surface area contributed by atoms with Crippen molar-refractivity contribution < 1.29 is 14.7 Å². The lowest BCUT2D eigenvalue weighted by Crippen LogP contribution is -2.33. The van der Waals surface area contributed by atoms with E-state index in [9.17, 15) is 14.7 Å². The second kappa shape index (κ2) is 6.18. The number of benzene rings is 1. The van der Waals surface area contributed by atoms with Crippen molar-refractivity contribution in [3.8, 4) is 0 Å². The average Bonchev–Trinajstić information content (AvgIpc) is 2.37. The second-order valence-electron chi connectivity index (χ2n) is 4.39. The van der Waals surface area contributed by atoms with E-state index in [1.54, 1.807) is 37.0 Å². The van der Waals surface area contributed by atoms with Gasteiger partial charge < -0.3 is 10.0 Å². The maximum absolute atomic E-state index is 12.5. The fourth-order valence-electron chi connectivity index (χ4n) is 2.03. The Labute approximate surface area is 113 Å². The summed E-state index contributed by atoms with van der Waals surface area (Å²) in [5, 5.41) is 9.31. The van der Waals surface area contributed by atoms with E-state index < -0.39 is 5.97 Å². The standard InChI is InChI=1S/C15H19NO3/c1-5-9-16(6-2)14(17)12-10(3)7-8-11(4)13(12)15(18)19/h5,7-8H,1,6,9H2,2-4H3,(H,18,19). The number of nitrogens with zero attached hydrogens (tertiary/aromatic N) is 1. The number of hydrogen-bond acceptors (Lipinski definition) is 2. The molecule has 1 rings (SSSR count). The molecular formula is C15H19NO3. The molecule has 0 aliphatic carbocycles. The van der Waals surface area contributed by atoms with E-state index in [0.29, 0.717) is 24.2 Å². The van der Waals surface area contributed by atoms with Gasteiger partial charge in [-0.2, -0.15) is 0 Å². The van der Waals surface area contributed by atoms with Crippen molar-refractivity contribution in [1.82, 2.24) is 4.90 Å². The van der Waals surface area contributed by atoms with Gasteiger partial charge >= 0.3 is 5.97 Å². The first-order valence-electron chi connectivity index (χ1n) is 6.17. The summed E-state index contributed by atoms with van der Waals surface area (Å²) in [4.78, 5) is 25.4. The number of carbonyl (C=O) groups excluding carboxylic acids is 1. The zero-order chi connectivity index (χ0) is 14.6. The highest BCUT2D eigenvalue weighted by molar-refractivity contribution is 6.06. The molecule has 0 fully saturated rings. The highest BCUT2D eigenvalue weighted by atomic mass is 16.4. The lowest BCUT2D eigenvalue weighted by atomic mass is 9.96. The first-order valence-corrected chi connectivity index (χ1v) is 6.17. The van der Waals surface area contributed by atoms with Crippen LogP contribution in [0.5, 0.6) is 0 Å². The fraction of sp³-hybridized carbons (Fsp3) is 0.333. The highest BCUT2D eigenvalue weighted by Crippen LogP contribution is 2.20. The van der Waals surface area contributed by atoms with Crippen LogP contribution in [-0.4, -0.2) is 35.0 Å². The summed E-state index contributed by atoms with van der Waals surface area (Å²) < 4.78 is 0. The van der Waals surface area contributed by atoms with Crippen molar-refractivity contribution in [2.75, 3.05) is 13.1 Å². The van der Waals surface area contributed by atoms with Gasteiger partial charge in [-0.05, 0) is 31.9 Å². The predicted molar refractivity (Wildman–Crippen MR) is 74.6 cm³/mol. The Balaban J connectivity index is 3.40. The van der Waals surface area contributed by atoms with Gasteiger partial charge in [0.2, 0.25) is 0 Å². The third-order valence-electron chi connectivity index (χ3n) is 3.07. The maximum Gasteiger partial charge on any atom is 0.336 e. The summed E-state index contributed by atoms with van der Waals surface area (Å²) in [5.41, 5.74) is 1.63. The Morgan fingerprint density at radius 1 is 1.26 bits per heavy atom. The van der Waals surface area contributed by atoms with E-state index in [-0.39, 0.29) is 17.0 Å².